The Morgan fingerprint density at radius 2 is 2.08 bits per heavy atom. The number of nitrogens with zero attached hydrogens (tertiary/aromatic N) is 2. The van der Waals surface area contributed by atoms with E-state index in [0.717, 1.165) is 29.0 Å². The highest BCUT2D eigenvalue weighted by Crippen LogP contribution is 2.28. The zero-order valence-corrected chi connectivity index (χ0v) is 15.4. The molecule has 0 fully saturated rings. The molecule has 2 aliphatic heterocycles. The first-order valence-corrected chi connectivity index (χ1v) is 9.23. The fraction of sp³-hybridized carbons (Fsp3) is 0.300. The summed E-state index contributed by atoms with van der Waals surface area (Å²) >= 11 is 6.07. The standard InChI is InChI=1S/C20H22ClN5/c1-13-4-5-17(21)8-15(13)11-26-20-24-9-14(10-25-20)7-16-12-23-19-18(16)3-2-6-22-19/h2,4-6,8-10,12,18-19,22-23H,3,7,11H2,1H3,(H,24,25,26). The van der Waals surface area contributed by atoms with Gasteiger partial charge in [-0.3, -0.25) is 0 Å². The summed E-state index contributed by atoms with van der Waals surface area (Å²) in [4.78, 5) is 8.92. The van der Waals surface area contributed by atoms with Crippen molar-refractivity contribution in [3.05, 3.63) is 76.4 Å². The van der Waals surface area contributed by atoms with Crippen LogP contribution in [0.25, 0.3) is 0 Å². The normalized spacial score (nSPS) is 20.8. The zero-order valence-electron chi connectivity index (χ0n) is 14.7. The monoisotopic (exact) mass is 367 g/mol. The van der Waals surface area contributed by atoms with E-state index in [1.165, 1.54) is 11.1 Å². The predicted octanol–water partition coefficient (Wildman–Crippen LogP) is 3.53. The van der Waals surface area contributed by atoms with E-state index < -0.39 is 0 Å². The highest BCUT2D eigenvalue weighted by molar-refractivity contribution is 6.30. The molecule has 2 atom stereocenters. The third kappa shape index (κ3) is 3.68. The SMILES string of the molecule is Cc1ccc(Cl)cc1CNc1ncc(CC2=CNC3NC=CCC23)cn1. The average Bonchev–Trinajstić information content (AvgIpc) is 3.07. The van der Waals surface area contributed by atoms with Crippen molar-refractivity contribution in [3.63, 3.8) is 0 Å². The number of allylic oxidation sites excluding steroid dienone is 1. The van der Waals surface area contributed by atoms with Crippen LogP contribution in [0.5, 0.6) is 0 Å². The fourth-order valence-corrected chi connectivity index (χ4v) is 3.63. The van der Waals surface area contributed by atoms with E-state index >= 15 is 0 Å². The van der Waals surface area contributed by atoms with Crippen molar-refractivity contribution in [2.45, 2.75) is 32.5 Å². The van der Waals surface area contributed by atoms with E-state index in [9.17, 15) is 0 Å². The summed E-state index contributed by atoms with van der Waals surface area (Å²) in [7, 11) is 0. The molecule has 0 saturated carbocycles. The Morgan fingerprint density at radius 1 is 1.23 bits per heavy atom. The smallest absolute Gasteiger partial charge is 0.222 e. The van der Waals surface area contributed by atoms with Gasteiger partial charge in [0.25, 0.3) is 0 Å². The Bertz CT molecular complexity index is 844. The second-order valence-corrected chi connectivity index (χ2v) is 7.23. The molecule has 0 amide bonds. The molecule has 3 heterocycles. The molecule has 2 aromatic rings. The molecule has 0 aliphatic carbocycles. The van der Waals surface area contributed by atoms with Crippen LogP contribution in [0, 0.1) is 12.8 Å². The van der Waals surface area contributed by atoms with Gasteiger partial charge in [-0.15, -0.1) is 0 Å². The van der Waals surface area contributed by atoms with Crippen LogP contribution >= 0.6 is 11.6 Å². The third-order valence-electron chi connectivity index (χ3n) is 4.97. The molecule has 0 bridgehead atoms. The van der Waals surface area contributed by atoms with Gasteiger partial charge in [0.15, 0.2) is 0 Å². The Balaban J connectivity index is 1.36. The van der Waals surface area contributed by atoms with Crippen molar-refractivity contribution in [2.75, 3.05) is 5.32 Å². The van der Waals surface area contributed by atoms with Crippen LogP contribution in [0.1, 0.15) is 23.1 Å². The summed E-state index contributed by atoms with van der Waals surface area (Å²) < 4.78 is 0. The van der Waals surface area contributed by atoms with Gasteiger partial charge in [-0.2, -0.15) is 0 Å². The third-order valence-corrected chi connectivity index (χ3v) is 5.21. The zero-order chi connectivity index (χ0) is 17.9. The first-order chi connectivity index (χ1) is 12.7. The van der Waals surface area contributed by atoms with Gasteiger partial charge >= 0.3 is 0 Å². The number of rotatable bonds is 5. The number of fused-ring (bicyclic) bond motifs is 1. The summed E-state index contributed by atoms with van der Waals surface area (Å²) in [6.45, 7) is 2.73. The molecule has 4 rings (SSSR count). The second kappa shape index (κ2) is 7.38. The van der Waals surface area contributed by atoms with Crippen molar-refractivity contribution in [3.8, 4) is 0 Å². The second-order valence-electron chi connectivity index (χ2n) is 6.79. The van der Waals surface area contributed by atoms with Gasteiger partial charge in [0.05, 0.1) is 0 Å². The number of nitrogens with one attached hydrogen (secondary N) is 3. The lowest BCUT2D eigenvalue weighted by Gasteiger charge is -2.25. The lowest BCUT2D eigenvalue weighted by Crippen LogP contribution is -2.41. The summed E-state index contributed by atoms with van der Waals surface area (Å²) in [6.07, 6.45) is 12.4. The Morgan fingerprint density at radius 3 is 2.92 bits per heavy atom. The number of hydrogen-bond donors (Lipinski definition) is 3. The van der Waals surface area contributed by atoms with Crippen LogP contribution in [0.3, 0.4) is 0 Å². The highest BCUT2D eigenvalue weighted by atomic mass is 35.5. The molecule has 26 heavy (non-hydrogen) atoms. The average molecular weight is 368 g/mol. The van der Waals surface area contributed by atoms with Crippen molar-refractivity contribution in [2.24, 2.45) is 5.92 Å². The van der Waals surface area contributed by atoms with E-state index in [1.807, 2.05) is 36.8 Å². The number of anilines is 1. The predicted molar refractivity (Wildman–Crippen MR) is 105 cm³/mol. The van der Waals surface area contributed by atoms with Crippen LogP contribution in [-0.2, 0) is 13.0 Å². The van der Waals surface area contributed by atoms with E-state index in [1.54, 1.807) is 0 Å². The number of aryl methyl sites for hydroxylation is 1. The minimum atomic E-state index is 0.317. The number of aromatic nitrogens is 2. The van der Waals surface area contributed by atoms with Crippen LogP contribution in [0.4, 0.5) is 5.95 Å². The number of benzene rings is 1. The van der Waals surface area contributed by atoms with Gasteiger partial charge < -0.3 is 16.0 Å². The lowest BCUT2D eigenvalue weighted by molar-refractivity contribution is 0.412. The van der Waals surface area contributed by atoms with Crippen molar-refractivity contribution in [1.82, 2.24) is 20.6 Å². The van der Waals surface area contributed by atoms with E-state index in [4.69, 9.17) is 11.6 Å². The van der Waals surface area contributed by atoms with Crippen LogP contribution in [0.2, 0.25) is 5.02 Å². The Labute approximate surface area is 158 Å². The lowest BCUT2D eigenvalue weighted by atomic mass is 9.90. The summed E-state index contributed by atoms with van der Waals surface area (Å²) in [5.74, 6) is 1.13. The molecule has 134 valence electrons. The van der Waals surface area contributed by atoms with E-state index in [0.29, 0.717) is 24.6 Å². The highest BCUT2D eigenvalue weighted by Gasteiger charge is 2.29. The van der Waals surface area contributed by atoms with Crippen molar-refractivity contribution < 1.29 is 0 Å². The molecule has 0 saturated heterocycles. The largest absolute Gasteiger partial charge is 0.371 e. The minimum Gasteiger partial charge on any atom is -0.371 e. The first kappa shape index (κ1) is 16.9. The van der Waals surface area contributed by atoms with E-state index in [-0.39, 0.29) is 0 Å². The van der Waals surface area contributed by atoms with Crippen LogP contribution in [0.15, 0.2) is 54.6 Å². The molecule has 1 aromatic carbocycles. The quantitative estimate of drug-likeness (QED) is 0.754. The molecule has 2 unspecified atom stereocenters. The molecule has 6 heteroatoms. The minimum absolute atomic E-state index is 0.317. The Kier molecular flexibility index (Phi) is 4.80. The molecule has 0 spiro atoms. The molecule has 5 nitrogen and oxygen atoms in total. The van der Waals surface area contributed by atoms with Crippen molar-refractivity contribution in [1.29, 1.82) is 0 Å². The van der Waals surface area contributed by atoms with E-state index in [2.05, 4.69) is 45.1 Å². The molecule has 3 N–H and O–H groups in total. The van der Waals surface area contributed by atoms with Gasteiger partial charge in [-0.25, -0.2) is 9.97 Å². The summed E-state index contributed by atoms with van der Waals surface area (Å²) in [6, 6.07) is 5.90. The maximum absolute atomic E-state index is 6.07. The Hall–Kier alpha value is -2.53. The molecular formula is C20H22ClN5. The van der Waals surface area contributed by atoms with Gasteiger partial charge in [0.2, 0.25) is 5.95 Å². The number of hydrogen-bond acceptors (Lipinski definition) is 5. The first-order valence-electron chi connectivity index (χ1n) is 8.85. The van der Waals surface area contributed by atoms with Gasteiger partial charge in [0.1, 0.15) is 6.17 Å². The van der Waals surface area contributed by atoms with Crippen LogP contribution < -0.4 is 16.0 Å². The molecular weight excluding hydrogens is 346 g/mol. The van der Waals surface area contributed by atoms with Gasteiger partial charge in [-0.05, 0) is 66.6 Å². The number of halogens is 1. The molecule has 0 radical (unpaired) electrons. The maximum atomic E-state index is 6.07. The van der Waals surface area contributed by atoms with Gasteiger partial charge in [-0.1, -0.05) is 23.7 Å². The van der Waals surface area contributed by atoms with Gasteiger partial charge in [0, 0.05) is 29.9 Å². The fourth-order valence-electron chi connectivity index (χ4n) is 3.43. The summed E-state index contributed by atoms with van der Waals surface area (Å²) in [5.41, 5.74) is 4.86. The molecule has 1 aromatic heterocycles. The van der Waals surface area contributed by atoms with Crippen molar-refractivity contribution >= 4 is 17.5 Å². The summed E-state index contributed by atoms with van der Waals surface area (Å²) in [5, 5.41) is 10.8. The topological polar surface area (TPSA) is 61.9 Å². The maximum Gasteiger partial charge on any atom is 0.222 e. The van der Waals surface area contributed by atoms with Crippen LogP contribution in [-0.4, -0.2) is 16.1 Å². The molecule has 2 aliphatic rings.